The molecule has 3 aromatic carbocycles. The molecule has 0 saturated heterocycles. The second kappa shape index (κ2) is 18.3. The van der Waals surface area contributed by atoms with Crippen LogP contribution in [-0.4, -0.2) is 62.9 Å². The van der Waals surface area contributed by atoms with E-state index in [-0.39, 0.29) is 24.4 Å². The van der Waals surface area contributed by atoms with Gasteiger partial charge in [-0.3, -0.25) is 0 Å². The highest BCUT2D eigenvalue weighted by molar-refractivity contribution is 6.01. The van der Waals surface area contributed by atoms with E-state index in [2.05, 4.69) is 22.8 Å². The number of aliphatic hydroxyl groups is 2. The lowest BCUT2D eigenvalue weighted by Crippen LogP contribution is -2.12. The fourth-order valence-corrected chi connectivity index (χ4v) is 3.58. The first-order chi connectivity index (χ1) is 19.6. The smallest absolute Gasteiger partial charge is 0.136 e. The van der Waals surface area contributed by atoms with E-state index in [4.69, 9.17) is 40.7 Å². The molecule has 0 aromatic heterocycles. The number of hydrogen-bond donors (Lipinski definition) is 4. The van der Waals surface area contributed by atoms with Crippen molar-refractivity contribution in [2.24, 2.45) is 0 Å². The highest BCUT2D eigenvalue weighted by Crippen LogP contribution is 2.29. The molecule has 204 valence electrons. The van der Waals surface area contributed by atoms with Gasteiger partial charge in [-0.2, -0.15) is 21.0 Å². The highest BCUT2D eigenvalue weighted by Gasteiger charge is 2.04. The second-order valence-corrected chi connectivity index (χ2v) is 8.01. The van der Waals surface area contributed by atoms with E-state index < -0.39 is 0 Å². The third-order valence-electron chi connectivity index (χ3n) is 5.43. The molecule has 4 N–H and O–H groups in total. The fraction of sp³-hybridized carbons (Fsp3) is 0.267. The predicted molar refractivity (Wildman–Crippen MR) is 152 cm³/mol. The Morgan fingerprint density at radius 3 is 1.27 bits per heavy atom. The van der Waals surface area contributed by atoms with Gasteiger partial charge >= 0.3 is 0 Å². The Kier molecular flexibility index (Phi) is 14.3. The first kappa shape index (κ1) is 31.3. The predicted octanol–water partition coefficient (Wildman–Crippen LogP) is 1.76. The van der Waals surface area contributed by atoms with E-state index in [0.29, 0.717) is 50.0 Å². The molecule has 0 unspecified atom stereocenters. The Hall–Kier alpha value is -4.94. The SMILES string of the molecule is N#CC(C#N)=c1ccc(=C(C#N)C#N)cc1.OCCOCCNc1cccc2c(NCCOCCO)cccc12. The van der Waals surface area contributed by atoms with Crippen molar-refractivity contribution < 1.29 is 19.7 Å². The lowest BCUT2D eigenvalue weighted by atomic mass is 10.1. The van der Waals surface area contributed by atoms with Gasteiger partial charge < -0.3 is 30.3 Å². The molecule has 0 fully saturated rings. The Morgan fingerprint density at radius 1 is 0.575 bits per heavy atom. The van der Waals surface area contributed by atoms with Crippen molar-refractivity contribution in [1.82, 2.24) is 0 Å². The van der Waals surface area contributed by atoms with E-state index in [1.165, 1.54) is 24.3 Å². The van der Waals surface area contributed by atoms with Crippen LogP contribution in [0.2, 0.25) is 0 Å². The molecule has 0 atom stereocenters. The molecule has 0 amide bonds. The average molecular weight is 539 g/mol. The van der Waals surface area contributed by atoms with E-state index in [1.807, 2.05) is 24.3 Å². The van der Waals surface area contributed by atoms with Crippen molar-refractivity contribution in [1.29, 1.82) is 21.0 Å². The maximum Gasteiger partial charge on any atom is 0.136 e. The molecule has 0 spiro atoms. The first-order valence-corrected chi connectivity index (χ1v) is 12.4. The number of aliphatic hydroxyl groups excluding tert-OH is 2. The minimum atomic E-state index is 0.00187. The number of nitrogens with one attached hydrogen (secondary N) is 2. The zero-order valence-electron chi connectivity index (χ0n) is 21.9. The van der Waals surface area contributed by atoms with Gasteiger partial charge in [0.2, 0.25) is 0 Å². The quantitative estimate of drug-likeness (QED) is 0.248. The summed E-state index contributed by atoms with van der Waals surface area (Å²) in [6.07, 6.45) is 0. The number of hydrogen-bond acceptors (Lipinski definition) is 10. The van der Waals surface area contributed by atoms with Crippen LogP contribution in [0.15, 0.2) is 60.7 Å². The van der Waals surface area contributed by atoms with Crippen molar-refractivity contribution in [2.45, 2.75) is 0 Å². The Balaban J connectivity index is 0.000000305. The van der Waals surface area contributed by atoms with Gasteiger partial charge in [-0.15, -0.1) is 0 Å². The molecule has 10 nitrogen and oxygen atoms in total. The molecule has 40 heavy (non-hydrogen) atoms. The van der Waals surface area contributed by atoms with Gasteiger partial charge in [0.15, 0.2) is 0 Å². The van der Waals surface area contributed by atoms with Crippen LogP contribution in [0.1, 0.15) is 0 Å². The number of fused-ring (bicyclic) bond motifs is 1. The number of nitriles is 4. The molecule has 0 aliphatic carbocycles. The molecule has 0 heterocycles. The average Bonchev–Trinajstić information content (AvgIpc) is 2.99. The molecule has 0 saturated carbocycles. The highest BCUT2D eigenvalue weighted by atomic mass is 16.5. The number of anilines is 2. The summed E-state index contributed by atoms with van der Waals surface area (Å²) in [5.41, 5.74) is 2.12. The largest absolute Gasteiger partial charge is 0.394 e. The molecule has 0 aliphatic heterocycles. The van der Waals surface area contributed by atoms with E-state index in [0.717, 1.165) is 22.1 Å². The molecular formula is C30H30N6O4. The van der Waals surface area contributed by atoms with E-state index >= 15 is 0 Å². The first-order valence-electron chi connectivity index (χ1n) is 12.4. The summed E-state index contributed by atoms with van der Waals surface area (Å²) in [5, 5.41) is 61.9. The molecule has 10 heteroatoms. The van der Waals surface area contributed by atoms with Gasteiger partial charge in [-0.1, -0.05) is 48.5 Å². The third kappa shape index (κ3) is 9.74. The molecule has 3 rings (SSSR count). The fourth-order valence-electron chi connectivity index (χ4n) is 3.58. The Bertz CT molecular complexity index is 1370. The van der Waals surface area contributed by atoms with Gasteiger partial charge in [-0.25, -0.2) is 0 Å². The van der Waals surface area contributed by atoms with Crippen LogP contribution < -0.4 is 21.1 Å². The monoisotopic (exact) mass is 538 g/mol. The topological polar surface area (TPSA) is 178 Å². The summed E-state index contributed by atoms with van der Waals surface area (Å²) >= 11 is 0. The van der Waals surface area contributed by atoms with E-state index in [1.54, 1.807) is 24.3 Å². The van der Waals surface area contributed by atoms with Crippen molar-refractivity contribution in [3.05, 3.63) is 71.1 Å². The third-order valence-corrected chi connectivity index (χ3v) is 5.43. The van der Waals surface area contributed by atoms with Crippen molar-refractivity contribution in [3.8, 4) is 24.3 Å². The van der Waals surface area contributed by atoms with Crippen molar-refractivity contribution >= 4 is 33.3 Å². The van der Waals surface area contributed by atoms with Crippen molar-refractivity contribution in [3.63, 3.8) is 0 Å². The molecule has 0 bridgehead atoms. The van der Waals surface area contributed by atoms with Crippen LogP contribution >= 0.6 is 0 Å². The summed E-state index contributed by atoms with van der Waals surface area (Å²) in [6.45, 7) is 3.30. The summed E-state index contributed by atoms with van der Waals surface area (Å²) in [6, 6.07) is 25.5. The minimum absolute atomic E-state index is 0.00187. The normalized spacial score (nSPS) is 9.65. The van der Waals surface area contributed by atoms with Gasteiger partial charge in [0.25, 0.3) is 0 Å². The zero-order chi connectivity index (χ0) is 29.0. The maximum absolute atomic E-state index is 8.70. The Labute approximate surface area is 232 Å². The number of nitrogens with zero attached hydrogens (tertiary/aromatic N) is 4. The molecule has 3 aromatic rings. The summed E-state index contributed by atoms with van der Waals surface area (Å²) in [7, 11) is 0. The summed E-state index contributed by atoms with van der Waals surface area (Å²) < 4.78 is 10.5. The van der Waals surface area contributed by atoms with Gasteiger partial charge in [0.1, 0.15) is 35.4 Å². The summed E-state index contributed by atoms with van der Waals surface area (Å²) in [5.74, 6) is 0. The standard InChI is InChI=1S/C18H26N2O4.C12H4N4/c21-9-13-23-11-7-19-17-5-1-3-15-16(17)4-2-6-18(15)20-8-12-24-14-10-22;13-5-11(6-14)9-1-2-10(4-3-9)12(7-15)8-16/h1-6,19-22H,7-14H2;1-4H. The van der Waals surface area contributed by atoms with Gasteiger partial charge in [-0.05, 0) is 12.1 Å². The van der Waals surface area contributed by atoms with Crippen molar-refractivity contribution in [2.75, 3.05) is 63.4 Å². The van der Waals surface area contributed by atoms with E-state index in [9.17, 15) is 0 Å². The lowest BCUT2D eigenvalue weighted by Gasteiger charge is -2.14. The summed E-state index contributed by atoms with van der Waals surface area (Å²) in [4.78, 5) is 0. The minimum Gasteiger partial charge on any atom is -0.394 e. The molecule has 0 aliphatic rings. The molecule has 0 radical (unpaired) electrons. The van der Waals surface area contributed by atoms with Gasteiger partial charge in [0.05, 0.1) is 39.6 Å². The number of benzene rings is 3. The zero-order valence-corrected chi connectivity index (χ0v) is 21.9. The van der Waals surface area contributed by atoms with Crippen LogP contribution in [0.3, 0.4) is 0 Å². The maximum atomic E-state index is 8.70. The molecular weight excluding hydrogens is 508 g/mol. The Morgan fingerprint density at radius 2 is 0.950 bits per heavy atom. The number of rotatable bonds is 12. The van der Waals surface area contributed by atoms with Crippen LogP contribution in [0.5, 0.6) is 0 Å². The van der Waals surface area contributed by atoms with Crippen LogP contribution in [-0.2, 0) is 9.47 Å². The van der Waals surface area contributed by atoms with Crippen LogP contribution in [0.4, 0.5) is 11.4 Å². The second-order valence-electron chi connectivity index (χ2n) is 8.01. The van der Waals surface area contributed by atoms with Crippen LogP contribution in [0.25, 0.3) is 21.9 Å². The lowest BCUT2D eigenvalue weighted by molar-refractivity contribution is 0.0992. The number of ether oxygens (including phenoxy) is 2. The van der Waals surface area contributed by atoms with Crippen LogP contribution in [0, 0.1) is 45.3 Å². The van der Waals surface area contributed by atoms with Gasteiger partial charge in [0, 0.05) is 45.7 Å².